The lowest BCUT2D eigenvalue weighted by Crippen LogP contribution is -2.59. The first-order valence-corrected chi connectivity index (χ1v) is 21.4. The predicted octanol–water partition coefficient (Wildman–Crippen LogP) is 6.50. The summed E-state index contributed by atoms with van der Waals surface area (Å²) < 4.78 is 56.0. The average Bonchev–Trinajstić information content (AvgIpc) is 3.76. The topological polar surface area (TPSA) is 183 Å². The molecule has 318 valence electrons. The van der Waals surface area contributed by atoms with Crippen LogP contribution in [0.3, 0.4) is 0 Å². The van der Waals surface area contributed by atoms with Crippen molar-refractivity contribution < 1.29 is 57.0 Å². The van der Waals surface area contributed by atoms with Gasteiger partial charge in [-0.2, -0.15) is 0 Å². The van der Waals surface area contributed by atoms with Crippen molar-refractivity contribution in [3.05, 3.63) is 32.7 Å². The van der Waals surface area contributed by atoms with Gasteiger partial charge in [0.2, 0.25) is 0 Å². The standard InChI is InChI=1S/C41H60BrN3O12/c1-9-23-11-10-12-33(57-40-34(54-22(5)46)18-32(44-45-43)20(3)52-40)19(2)36(48)30-15-26-25-13-24(14-29(25)31(42)16-27(26)28(30)17-35(47)55-23)56-41-39(51-8)38(50-7)37(49-6)21(4)53-41/h15-16,19-21,23-29,32-34,37-41H,9-14,17-18H2,1-8H3/t19-,20-,21+,23+,24+,25+,26+,27-,28+,29-,32+,33+,34-,37+,38-,39-,40+,41+/m1/s1. The van der Waals surface area contributed by atoms with Gasteiger partial charge in [0, 0.05) is 51.4 Å². The van der Waals surface area contributed by atoms with Crippen LogP contribution in [0.25, 0.3) is 10.4 Å². The van der Waals surface area contributed by atoms with E-state index in [1.54, 1.807) is 28.3 Å². The predicted molar refractivity (Wildman–Crippen MR) is 208 cm³/mol. The van der Waals surface area contributed by atoms with Gasteiger partial charge in [-0.3, -0.25) is 14.4 Å². The number of hydrogen-bond donors (Lipinski definition) is 0. The fourth-order valence-electron chi connectivity index (χ4n) is 10.3. The molecule has 3 saturated heterocycles. The van der Waals surface area contributed by atoms with Crippen LogP contribution in [-0.2, 0) is 57.0 Å². The van der Waals surface area contributed by atoms with Crippen molar-refractivity contribution in [1.82, 2.24) is 0 Å². The van der Waals surface area contributed by atoms with Crippen LogP contribution < -0.4 is 0 Å². The van der Waals surface area contributed by atoms with E-state index in [1.807, 2.05) is 20.8 Å². The highest BCUT2D eigenvalue weighted by Crippen LogP contribution is 2.57. The summed E-state index contributed by atoms with van der Waals surface area (Å²) in [5, 5.41) is 3.85. The molecule has 1 saturated carbocycles. The Morgan fingerprint density at radius 1 is 0.895 bits per heavy atom. The van der Waals surface area contributed by atoms with Gasteiger partial charge >= 0.3 is 11.9 Å². The van der Waals surface area contributed by atoms with E-state index in [4.69, 9.17) is 48.2 Å². The van der Waals surface area contributed by atoms with Crippen molar-refractivity contribution in [1.29, 1.82) is 0 Å². The van der Waals surface area contributed by atoms with Crippen LogP contribution in [0.4, 0.5) is 0 Å². The lowest BCUT2D eigenvalue weighted by molar-refractivity contribution is -0.314. The molecule has 3 heterocycles. The molecule has 15 nitrogen and oxygen atoms in total. The van der Waals surface area contributed by atoms with E-state index in [2.05, 4.69) is 38.1 Å². The zero-order valence-corrected chi connectivity index (χ0v) is 35.9. The van der Waals surface area contributed by atoms with E-state index in [1.165, 1.54) is 6.92 Å². The lowest BCUT2D eigenvalue weighted by atomic mass is 9.70. The van der Waals surface area contributed by atoms with E-state index in [-0.39, 0.29) is 84.7 Å². The lowest BCUT2D eigenvalue weighted by Gasteiger charge is -2.44. The fourth-order valence-corrected chi connectivity index (χ4v) is 11.1. The fraction of sp³-hybridized carbons (Fsp3) is 0.829. The smallest absolute Gasteiger partial charge is 0.306 e. The summed E-state index contributed by atoms with van der Waals surface area (Å²) >= 11 is 3.92. The maximum absolute atomic E-state index is 14.8. The number of rotatable bonds is 10. The molecule has 16 heteroatoms. The minimum Gasteiger partial charge on any atom is -0.462 e. The third-order valence-corrected chi connectivity index (χ3v) is 14.1. The monoisotopic (exact) mass is 865 g/mol. The Morgan fingerprint density at radius 3 is 2.28 bits per heavy atom. The van der Waals surface area contributed by atoms with Gasteiger partial charge in [0.25, 0.3) is 0 Å². The minimum atomic E-state index is -0.971. The molecular formula is C41H60BrN3O12. The van der Waals surface area contributed by atoms with Crippen molar-refractivity contribution in [2.45, 2.75) is 160 Å². The highest BCUT2D eigenvalue weighted by molar-refractivity contribution is 9.11. The maximum Gasteiger partial charge on any atom is 0.306 e. The van der Waals surface area contributed by atoms with Gasteiger partial charge in [-0.15, -0.1) is 0 Å². The molecule has 3 aliphatic heterocycles. The Kier molecular flexibility index (Phi) is 15.0. The number of cyclic esters (lactones) is 1. The first-order chi connectivity index (χ1) is 27.3. The van der Waals surface area contributed by atoms with Crippen molar-refractivity contribution in [2.24, 2.45) is 40.6 Å². The van der Waals surface area contributed by atoms with Crippen molar-refractivity contribution >= 4 is 33.7 Å². The third kappa shape index (κ3) is 9.49. The number of Topliss-reactive ketones (excluding diaryl/α,β-unsaturated/α-hetero) is 1. The molecule has 3 aliphatic carbocycles. The third-order valence-electron chi connectivity index (χ3n) is 13.2. The van der Waals surface area contributed by atoms with Gasteiger partial charge in [-0.1, -0.05) is 47.0 Å². The second kappa shape index (κ2) is 19.3. The molecule has 0 amide bonds. The molecule has 0 aromatic heterocycles. The normalized spacial score (nSPS) is 43.8. The van der Waals surface area contributed by atoms with Gasteiger partial charge in [-0.05, 0) is 91.6 Å². The largest absolute Gasteiger partial charge is 0.462 e. The molecule has 0 aromatic rings. The number of methoxy groups -OCH3 is 3. The molecule has 6 aliphatic rings. The van der Waals surface area contributed by atoms with Gasteiger partial charge in [-0.25, -0.2) is 0 Å². The number of ether oxygens (including phenoxy) is 9. The first kappa shape index (κ1) is 44.2. The molecule has 4 fully saturated rings. The first-order valence-electron chi connectivity index (χ1n) is 20.6. The van der Waals surface area contributed by atoms with Gasteiger partial charge in [0.15, 0.2) is 24.5 Å². The Balaban J connectivity index is 1.26. The number of carbonyl (C=O) groups is 3. The summed E-state index contributed by atoms with van der Waals surface area (Å²) in [4.78, 5) is 43.6. The van der Waals surface area contributed by atoms with Gasteiger partial charge < -0.3 is 42.6 Å². The van der Waals surface area contributed by atoms with E-state index >= 15 is 0 Å². The van der Waals surface area contributed by atoms with Gasteiger partial charge in [0.1, 0.15) is 24.4 Å². The number of esters is 2. The summed E-state index contributed by atoms with van der Waals surface area (Å²) in [6, 6.07) is -0.551. The number of allylic oxidation sites excluding steroid dienone is 4. The second-order valence-electron chi connectivity index (χ2n) is 16.6. The van der Waals surface area contributed by atoms with Crippen LogP contribution in [0.1, 0.15) is 86.0 Å². The van der Waals surface area contributed by atoms with Crippen LogP contribution in [0.2, 0.25) is 0 Å². The molecular weight excluding hydrogens is 806 g/mol. The summed E-state index contributed by atoms with van der Waals surface area (Å²) in [6.45, 7) is 8.91. The van der Waals surface area contributed by atoms with E-state index in [0.717, 1.165) is 17.3 Å². The van der Waals surface area contributed by atoms with Crippen molar-refractivity contribution in [2.75, 3.05) is 21.3 Å². The quantitative estimate of drug-likeness (QED) is 0.101. The zero-order chi connectivity index (χ0) is 41.1. The Labute approximate surface area is 343 Å². The highest BCUT2D eigenvalue weighted by Gasteiger charge is 2.54. The molecule has 57 heavy (non-hydrogen) atoms. The zero-order valence-electron chi connectivity index (χ0n) is 34.3. The Morgan fingerprint density at radius 2 is 1.61 bits per heavy atom. The number of halogens is 1. The van der Waals surface area contributed by atoms with Crippen molar-refractivity contribution in [3.8, 4) is 0 Å². The van der Waals surface area contributed by atoms with E-state index in [9.17, 15) is 14.4 Å². The minimum absolute atomic E-state index is 0.0113. The highest BCUT2D eigenvalue weighted by atomic mass is 79.9. The summed E-state index contributed by atoms with van der Waals surface area (Å²) in [5.41, 5.74) is 9.74. The Hall–Kier alpha value is -2.40. The number of nitrogens with zero attached hydrogens (tertiary/aromatic N) is 3. The molecule has 0 bridgehead atoms. The summed E-state index contributed by atoms with van der Waals surface area (Å²) in [6.07, 6.45) is 3.02. The molecule has 0 radical (unpaired) electrons. The summed E-state index contributed by atoms with van der Waals surface area (Å²) in [5.74, 6) is -1.72. The maximum atomic E-state index is 14.8. The molecule has 6 rings (SSSR count). The number of fused-ring (bicyclic) bond motifs is 5. The van der Waals surface area contributed by atoms with Gasteiger partial charge in [0.05, 0.1) is 36.9 Å². The van der Waals surface area contributed by atoms with E-state index < -0.39 is 54.9 Å². The molecule has 0 unspecified atom stereocenters. The van der Waals surface area contributed by atoms with Crippen LogP contribution in [0, 0.1) is 35.5 Å². The molecule has 0 aromatic carbocycles. The van der Waals surface area contributed by atoms with Crippen LogP contribution in [0.5, 0.6) is 0 Å². The van der Waals surface area contributed by atoms with Crippen LogP contribution >= 0.6 is 15.9 Å². The SMILES string of the molecule is CC[C@H]1CCC[C@H](O[C@@H]2O[C@H](C)[C@@H](N=[N+]=[N-])C[C@H]2OC(C)=O)[C@@H](C)C(=O)C2=C[C@@H]3[C@@H](C=C(Br)[C@@H]4C[C@@H](O[C@@H]5O[C@@H](C)[C@H](OC)[C@@H](OC)[C@H]5OC)C[C@@H]34)[C@@H]2CC(=O)O1. The van der Waals surface area contributed by atoms with Crippen LogP contribution in [-0.4, -0.2) is 113 Å². The summed E-state index contributed by atoms with van der Waals surface area (Å²) in [7, 11) is 4.89. The number of carbonyl (C=O) groups excluding carboxylic acids is 3. The number of ketones is 1. The van der Waals surface area contributed by atoms with Crippen molar-refractivity contribution in [3.63, 3.8) is 0 Å². The number of hydrogen-bond acceptors (Lipinski definition) is 13. The molecule has 0 spiro atoms. The molecule has 18 atom stereocenters. The van der Waals surface area contributed by atoms with Crippen LogP contribution in [0.15, 0.2) is 27.3 Å². The average molecular weight is 867 g/mol. The van der Waals surface area contributed by atoms with E-state index in [0.29, 0.717) is 31.3 Å². The second-order valence-corrected chi connectivity index (χ2v) is 17.5. The molecule has 0 N–H and O–H groups in total. The Bertz CT molecular complexity index is 1570. The number of azide groups is 1.